The number of carbonyl (C=O) groups excluding carboxylic acids is 1. The Bertz CT molecular complexity index is 1410. The highest BCUT2D eigenvalue weighted by molar-refractivity contribution is 5.71. The predicted molar refractivity (Wildman–Crippen MR) is 136 cm³/mol. The molecule has 2 aliphatic heterocycles. The van der Waals surface area contributed by atoms with Gasteiger partial charge < -0.3 is 14.2 Å². The topological polar surface area (TPSA) is 60.9 Å². The Morgan fingerprint density at radius 2 is 2.00 bits per heavy atom. The summed E-state index contributed by atoms with van der Waals surface area (Å²) in [5, 5.41) is 0. The molecular weight excluding hydrogens is 509 g/mol. The minimum Gasteiger partial charge on any atom is -0.492 e. The zero-order chi connectivity index (χ0) is 27.1. The summed E-state index contributed by atoms with van der Waals surface area (Å²) in [6.45, 7) is 1.86. The molecule has 0 saturated heterocycles. The van der Waals surface area contributed by atoms with Crippen molar-refractivity contribution in [1.29, 1.82) is 0 Å². The molecule has 0 fully saturated rings. The number of aromatic nitrogens is 1. The van der Waals surface area contributed by atoms with Crippen LogP contribution in [0.4, 0.5) is 13.2 Å². The van der Waals surface area contributed by atoms with Crippen molar-refractivity contribution in [2.45, 2.75) is 57.0 Å². The van der Waals surface area contributed by atoms with Gasteiger partial charge in [-0.3, -0.25) is 14.7 Å². The molecule has 1 aliphatic carbocycles. The van der Waals surface area contributed by atoms with Crippen LogP contribution in [0.15, 0.2) is 48.7 Å². The largest absolute Gasteiger partial charge is 0.492 e. The molecule has 0 bridgehead atoms. The molecule has 3 aromatic rings. The second kappa shape index (κ2) is 10.2. The highest BCUT2D eigenvalue weighted by Gasteiger charge is 2.38. The van der Waals surface area contributed by atoms with Gasteiger partial charge in [0.25, 0.3) is 0 Å². The highest BCUT2D eigenvalue weighted by atomic mass is 19.4. The number of carbonyl (C=O) groups is 1. The number of ether oxygens (including phenoxy) is 3. The number of alkyl halides is 3. The Labute approximate surface area is 224 Å². The number of nitrogens with zero attached hydrogens (tertiary/aromatic N) is 2. The number of rotatable bonds is 6. The van der Waals surface area contributed by atoms with E-state index in [2.05, 4.69) is 9.88 Å². The molecule has 1 aromatic heterocycles. The Morgan fingerprint density at radius 3 is 2.82 bits per heavy atom. The van der Waals surface area contributed by atoms with Gasteiger partial charge in [-0.2, -0.15) is 13.2 Å². The maximum Gasteiger partial charge on any atom is 0.416 e. The van der Waals surface area contributed by atoms with Crippen molar-refractivity contribution in [3.05, 3.63) is 87.7 Å². The van der Waals surface area contributed by atoms with Crippen LogP contribution in [0.2, 0.25) is 0 Å². The van der Waals surface area contributed by atoms with Gasteiger partial charge in [0.15, 0.2) is 0 Å². The molecular formula is C30H29F3N2O4. The van der Waals surface area contributed by atoms with Crippen LogP contribution >= 0.6 is 0 Å². The molecule has 2 atom stereocenters. The van der Waals surface area contributed by atoms with Gasteiger partial charge in [-0.15, -0.1) is 0 Å². The molecule has 39 heavy (non-hydrogen) atoms. The lowest BCUT2D eigenvalue weighted by Crippen LogP contribution is -2.32. The van der Waals surface area contributed by atoms with E-state index < -0.39 is 11.7 Å². The Balaban J connectivity index is 1.24. The number of hydrogen-bond donors (Lipinski definition) is 0. The van der Waals surface area contributed by atoms with Crippen LogP contribution in [0, 0.1) is 0 Å². The minimum absolute atomic E-state index is 0.0745. The maximum absolute atomic E-state index is 14.1. The fourth-order valence-corrected chi connectivity index (χ4v) is 6.04. The molecule has 3 heterocycles. The first kappa shape index (κ1) is 25.7. The van der Waals surface area contributed by atoms with E-state index >= 15 is 0 Å². The molecule has 0 saturated carbocycles. The average molecular weight is 539 g/mol. The number of benzene rings is 2. The summed E-state index contributed by atoms with van der Waals surface area (Å²) in [4.78, 5) is 18.2. The second-order valence-electron chi connectivity index (χ2n) is 10.4. The lowest BCUT2D eigenvalue weighted by atomic mass is 9.95. The third-order valence-electron chi connectivity index (χ3n) is 7.99. The van der Waals surface area contributed by atoms with Gasteiger partial charge in [0.2, 0.25) is 0 Å². The van der Waals surface area contributed by atoms with Crippen molar-refractivity contribution in [2.24, 2.45) is 0 Å². The van der Waals surface area contributed by atoms with Gasteiger partial charge in [-0.25, -0.2) is 0 Å². The van der Waals surface area contributed by atoms with Crippen molar-refractivity contribution in [1.82, 2.24) is 9.88 Å². The van der Waals surface area contributed by atoms with Crippen molar-refractivity contribution < 1.29 is 32.2 Å². The van der Waals surface area contributed by atoms with E-state index in [1.54, 1.807) is 18.3 Å². The van der Waals surface area contributed by atoms with Crippen molar-refractivity contribution >= 4 is 5.97 Å². The standard InChI is InChI=1S/C30H29F3N2O4/c1-37-29(36)13-19-17-38-28-14-20(4-5-21(19)28)39-27-9-7-22-23(27)6-8-25(30(31,32)33)24(22)16-35-12-10-26-18(15-35)3-2-11-34-26/h2-6,8,11,14,19,27H,7,9-10,12-13,15-17H2,1H3/t19-,27-/m1/s1. The lowest BCUT2D eigenvalue weighted by molar-refractivity contribution is -0.141. The molecule has 0 N–H and O–H groups in total. The van der Waals surface area contributed by atoms with E-state index in [1.807, 2.05) is 24.3 Å². The minimum atomic E-state index is -4.43. The SMILES string of the molecule is COC(=O)C[C@@H]1COc2cc(O[C@@H]3CCc4c3ccc(C(F)(F)F)c4CN3CCc4ncccc4C3)ccc21. The number of fused-ring (bicyclic) bond motifs is 3. The summed E-state index contributed by atoms with van der Waals surface area (Å²) in [6.07, 6.45) is -0.946. The molecule has 6 nitrogen and oxygen atoms in total. The molecule has 0 radical (unpaired) electrons. The van der Waals surface area contributed by atoms with Gasteiger partial charge in [0, 0.05) is 55.5 Å². The zero-order valence-electron chi connectivity index (χ0n) is 21.6. The fraction of sp³-hybridized carbons (Fsp3) is 0.400. The van der Waals surface area contributed by atoms with Gasteiger partial charge in [-0.1, -0.05) is 18.2 Å². The number of hydrogen-bond acceptors (Lipinski definition) is 6. The van der Waals surface area contributed by atoms with E-state index in [0.717, 1.165) is 34.4 Å². The molecule has 0 unspecified atom stereocenters. The molecule has 6 rings (SSSR count). The Hall–Kier alpha value is -3.59. The first-order chi connectivity index (χ1) is 18.8. The molecule has 9 heteroatoms. The normalized spacial score (nSPS) is 20.1. The molecule has 0 spiro atoms. The van der Waals surface area contributed by atoms with Gasteiger partial charge in [0.1, 0.15) is 17.6 Å². The van der Waals surface area contributed by atoms with E-state index in [-0.39, 0.29) is 31.0 Å². The Kier molecular flexibility index (Phi) is 6.71. The lowest BCUT2D eigenvalue weighted by Gasteiger charge is -2.30. The van der Waals surface area contributed by atoms with Crippen LogP contribution in [0.3, 0.4) is 0 Å². The molecule has 3 aliphatic rings. The first-order valence-corrected chi connectivity index (χ1v) is 13.2. The van der Waals surface area contributed by atoms with Gasteiger partial charge >= 0.3 is 12.1 Å². The number of halogens is 3. The second-order valence-corrected chi connectivity index (χ2v) is 10.4. The number of esters is 1. The first-order valence-electron chi connectivity index (χ1n) is 13.2. The van der Waals surface area contributed by atoms with E-state index in [4.69, 9.17) is 14.2 Å². The Morgan fingerprint density at radius 1 is 1.15 bits per heavy atom. The molecule has 2 aromatic carbocycles. The summed E-state index contributed by atoms with van der Waals surface area (Å²) in [5.74, 6) is 0.882. The summed E-state index contributed by atoms with van der Waals surface area (Å²) >= 11 is 0. The summed E-state index contributed by atoms with van der Waals surface area (Å²) in [7, 11) is 1.36. The zero-order valence-corrected chi connectivity index (χ0v) is 21.6. The van der Waals surface area contributed by atoms with Crippen LogP contribution in [-0.4, -0.2) is 36.1 Å². The van der Waals surface area contributed by atoms with Crippen LogP contribution in [0.25, 0.3) is 0 Å². The van der Waals surface area contributed by atoms with E-state index in [1.165, 1.54) is 13.2 Å². The molecule has 0 amide bonds. The van der Waals surface area contributed by atoms with E-state index in [9.17, 15) is 18.0 Å². The number of pyridine rings is 1. The highest BCUT2D eigenvalue weighted by Crippen LogP contribution is 2.44. The summed E-state index contributed by atoms with van der Waals surface area (Å²) in [5.41, 5.74) is 4.34. The van der Waals surface area contributed by atoms with Crippen LogP contribution in [0.1, 0.15) is 63.9 Å². The van der Waals surface area contributed by atoms with E-state index in [0.29, 0.717) is 49.6 Å². The van der Waals surface area contributed by atoms with Crippen LogP contribution < -0.4 is 9.47 Å². The molecule has 204 valence electrons. The van der Waals surface area contributed by atoms with Crippen molar-refractivity contribution in [2.75, 3.05) is 20.3 Å². The quantitative estimate of drug-likeness (QED) is 0.372. The third kappa shape index (κ3) is 5.07. The third-order valence-corrected chi connectivity index (χ3v) is 7.99. The average Bonchev–Trinajstić information content (AvgIpc) is 3.52. The smallest absolute Gasteiger partial charge is 0.416 e. The van der Waals surface area contributed by atoms with Gasteiger partial charge in [0.05, 0.1) is 25.7 Å². The monoisotopic (exact) mass is 538 g/mol. The summed E-state index contributed by atoms with van der Waals surface area (Å²) < 4.78 is 59.2. The van der Waals surface area contributed by atoms with Crippen LogP contribution in [-0.2, 0) is 41.6 Å². The summed E-state index contributed by atoms with van der Waals surface area (Å²) in [6, 6.07) is 12.2. The fourth-order valence-electron chi connectivity index (χ4n) is 6.04. The van der Waals surface area contributed by atoms with Crippen molar-refractivity contribution in [3.8, 4) is 11.5 Å². The van der Waals surface area contributed by atoms with Crippen LogP contribution in [0.5, 0.6) is 11.5 Å². The number of methoxy groups -OCH3 is 1. The van der Waals surface area contributed by atoms with Gasteiger partial charge in [-0.05, 0) is 53.3 Å². The maximum atomic E-state index is 14.1. The predicted octanol–water partition coefficient (Wildman–Crippen LogP) is 5.76. The van der Waals surface area contributed by atoms with Crippen molar-refractivity contribution in [3.63, 3.8) is 0 Å².